The summed E-state index contributed by atoms with van der Waals surface area (Å²) in [5.41, 5.74) is 8.83. The molecule has 2 N–H and O–H groups in total. The van der Waals surface area contributed by atoms with E-state index in [0.29, 0.717) is 12.0 Å². The minimum atomic E-state index is 0.556. The van der Waals surface area contributed by atoms with Gasteiger partial charge in [0.15, 0.2) is 0 Å². The topological polar surface area (TPSA) is 53.0 Å². The van der Waals surface area contributed by atoms with Crippen LogP contribution in [-0.2, 0) is 0 Å². The molecule has 0 saturated carbocycles. The average molecular weight is 243 g/mol. The van der Waals surface area contributed by atoms with E-state index in [9.17, 15) is 0 Å². The molecule has 0 radical (unpaired) electrons. The van der Waals surface area contributed by atoms with E-state index >= 15 is 0 Å². The Balaban J connectivity index is 2.24. The molecule has 3 nitrogen and oxygen atoms in total. The molecule has 0 aromatic heterocycles. The number of nitriles is 1. The quantitative estimate of drug-likeness (QED) is 0.868. The summed E-state index contributed by atoms with van der Waals surface area (Å²) in [6, 6.07) is 8.87. The molecule has 18 heavy (non-hydrogen) atoms. The highest BCUT2D eigenvalue weighted by Gasteiger charge is 2.24. The lowest BCUT2D eigenvalue weighted by Gasteiger charge is -2.39. The van der Waals surface area contributed by atoms with Crippen LogP contribution in [0.4, 0.5) is 5.69 Å². The summed E-state index contributed by atoms with van der Waals surface area (Å²) in [6.07, 6.45) is 2.42. The highest BCUT2D eigenvalue weighted by molar-refractivity contribution is 5.54. The van der Waals surface area contributed by atoms with E-state index in [-0.39, 0.29) is 0 Å². The van der Waals surface area contributed by atoms with Crippen LogP contribution in [0.3, 0.4) is 0 Å². The van der Waals surface area contributed by atoms with E-state index in [1.165, 1.54) is 18.5 Å². The van der Waals surface area contributed by atoms with Gasteiger partial charge in [-0.3, -0.25) is 0 Å². The number of piperidine rings is 1. The minimum Gasteiger partial charge on any atom is -0.368 e. The molecule has 96 valence electrons. The first-order chi connectivity index (χ1) is 8.65. The van der Waals surface area contributed by atoms with Crippen molar-refractivity contribution in [1.82, 2.24) is 0 Å². The molecule has 0 bridgehead atoms. The molecule has 1 aromatic carbocycles. The lowest BCUT2D eigenvalue weighted by atomic mass is 9.92. The van der Waals surface area contributed by atoms with Crippen LogP contribution >= 0.6 is 0 Å². The van der Waals surface area contributed by atoms with Crippen molar-refractivity contribution in [3.63, 3.8) is 0 Å². The van der Waals surface area contributed by atoms with Gasteiger partial charge in [-0.2, -0.15) is 5.26 Å². The molecule has 0 aliphatic carbocycles. The Labute approximate surface area is 109 Å². The Bertz CT molecular complexity index is 461. The van der Waals surface area contributed by atoms with Crippen LogP contribution in [0.2, 0.25) is 0 Å². The first-order valence-electron chi connectivity index (χ1n) is 6.63. The summed E-state index contributed by atoms with van der Waals surface area (Å²) in [7, 11) is 0. The Hall–Kier alpha value is -1.53. The number of rotatable bonds is 2. The Kier molecular flexibility index (Phi) is 3.88. The second-order valence-electron chi connectivity index (χ2n) is 5.29. The predicted octanol–water partition coefficient (Wildman–Crippen LogP) is 2.43. The number of hydrogen-bond acceptors (Lipinski definition) is 3. The Morgan fingerprint density at radius 3 is 2.83 bits per heavy atom. The summed E-state index contributed by atoms with van der Waals surface area (Å²) in [5.74, 6) is 0.595. The number of nitrogens with zero attached hydrogens (tertiary/aromatic N) is 2. The van der Waals surface area contributed by atoms with Gasteiger partial charge in [-0.1, -0.05) is 0 Å². The van der Waals surface area contributed by atoms with Crippen molar-refractivity contribution in [3.05, 3.63) is 29.3 Å². The van der Waals surface area contributed by atoms with Crippen molar-refractivity contribution >= 4 is 5.69 Å². The van der Waals surface area contributed by atoms with Gasteiger partial charge in [0, 0.05) is 18.3 Å². The van der Waals surface area contributed by atoms with Gasteiger partial charge in [0.2, 0.25) is 0 Å². The molecule has 1 heterocycles. The molecule has 1 fully saturated rings. The van der Waals surface area contributed by atoms with E-state index < -0.39 is 0 Å². The van der Waals surface area contributed by atoms with Crippen molar-refractivity contribution in [2.24, 2.45) is 11.7 Å². The van der Waals surface area contributed by atoms with Crippen molar-refractivity contribution in [2.75, 3.05) is 18.0 Å². The summed E-state index contributed by atoms with van der Waals surface area (Å²) >= 11 is 0. The SMILES string of the molecule is Cc1cc(N2CC(CN)CCC2C)ccc1C#N. The fourth-order valence-corrected chi connectivity index (χ4v) is 2.69. The summed E-state index contributed by atoms with van der Waals surface area (Å²) in [4.78, 5) is 2.43. The van der Waals surface area contributed by atoms with Crippen LogP contribution < -0.4 is 10.6 Å². The van der Waals surface area contributed by atoms with Gasteiger partial charge in [-0.25, -0.2) is 0 Å². The fourth-order valence-electron chi connectivity index (χ4n) is 2.69. The molecule has 1 aromatic rings. The zero-order valence-electron chi connectivity index (χ0n) is 11.2. The zero-order chi connectivity index (χ0) is 13.1. The maximum Gasteiger partial charge on any atom is 0.0994 e. The molecular weight excluding hydrogens is 222 g/mol. The summed E-state index contributed by atoms with van der Waals surface area (Å²) in [6.45, 7) is 6.05. The number of hydrogen-bond donors (Lipinski definition) is 1. The van der Waals surface area contributed by atoms with Gasteiger partial charge in [-0.05, 0) is 62.9 Å². The van der Waals surface area contributed by atoms with Crippen molar-refractivity contribution < 1.29 is 0 Å². The lowest BCUT2D eigenvalue weighted by Crippen LogP contribution is -2.44. The standard InChI is InChI=1S/C15H21N3/c1-11-7-15(6-5-14(11)9-17)18-10-13(8-16)4-3-12(18)2/h5-7,12-13H,3-4,8,10,16H2,1-2H3. The molecule has 0 amide bonds. The number of anilines is 1. The summed E-state index contributed by atoms with van der Waals surface area (Å²) < 4.78 is 0. The second kappa shape index (κ2) is 5.41. The van der Waals surface area contributed by atoms with Gasteiger partial charge in [0.05, 0.1) is 11.6 Å². The fraction of sp³-hybridized carbons (Fsp3) is 0.533. The molecule has 1 aliphatic heterocycles. The molecule has 0 spiro atoms. The largest absolute Gasteiger partial charge is 0.368 e. The van der Waals surface area contributed by atoms with Gasteiger partial charge < -0.3 is 10.6 Å². The Morgan fingerprint density at radius 1 is 1.44 bits per heavy atom. The second-order valence-corrected chi connectivity index (χ2v) is 5.29. The smallest absolute Gasteiger partial charge is 0.0994 e. The lowest BCUT2D eigenvalue weighted by molar-refractivity contribution is 0.374. The van der Waals surface area contributed by atoms with Crippen molar-refractivity contribution in [1.29, 1.82) is 5.26 Å². The van der Waals surface area contributed by atoms with Crippen LogP contribution in [-0.4, -0.2) is 19.1 Å². The molecular formula is C15H21N3. The third kappa shape index (κ3) is 2.49. The highest BCUT2D eigenvalue weighted by Crippen LogP contribution is 2.28. The van der Waals surface area contributed by atoms with Crippen LogP contribution in [0, 0.1) is 24.2 Å². The molecule has 3 heteroatoms. The van der Waals surface area contributed by atoms with Crippen LogP contribution in [0.1, 0.15) is 30.9 Å². The molecule has 1 saturated heterocycles. The number of benzene rings is 1. The van der Waals surface area contributed by atoms with E-state index in [2.05, 4.69) is 30.0 Å². The molecule has 2 atom stereocenters. The Morgan fingerprint density at radius 2 is 2.22 bits per heavy atom. The minimum absolute atomic E-state index is 0.556. The summed E-state index contributed by atoms with van der Waals surface area (Å²) in [5, 5.41) is 8.97. The van der Waals surface area contributed by atoms with Gasteiger partial charge in [0.1, 0.15) is 0 Å². The van der Waals surface area contributed by atoms with Gasteiger partial charge in [-0.15, -0.1) is 0 Å². The normalized spacial score (nSPS) is 23.8. The third-order valence-corrected chi connectivity index (χ3v) is 3.98. The highest BCUT2D eigenvalue weighted by atomic mass is 15.2. The van der Waals surface area contributed by atoms with Crippen LogP contribution in [0.5, 0.6) is 0 Å². The first-order valence-corrected chi connectivity index (χ1v) is 6.63. The first kappa shape index (κ1) is 12.9. The monoisotopic (exact) mass is 243 g/mol. The zero-order valence-corrected chi connectivity index (χ0v) is 11.2. The maximum absolute atomic E-state index is 8.97. The van der Waals surface area contributed by atoms with Crippen LogP contribution in [0.25, 0.3) is 0 Å². The average Bonchev–Trinajstić information content (AvgIpc) is 2.39. The predicted molar refractivity (Wildman–Crippen MR) is 74.5 cm³/mol. The van der Waals surface area contributed by atoms with E-state index in [1.807, 2.05) is 13.0 Å². The van der Waals surface area contributed by atoms with Crippen LogP contribution in [0.15, 0.2) is 18.2 Å². The van der Waals surface area contributed by atoms with Crippen molar-refractivity contribution in [3.8, 4) is 6.07 Å². The van der Waals surface area contributed by atoms with Gasteiger partial charge in [0.25, 0.3) is 0 Å². The molecule has 2 unspecified atom stereocenters. The van der Waals surface area contributed by atoms with Crippen molar-refractivity contribution in [2.45, 2.75) is 32.7 Å². The molecule has 1 aliphatic rings. The number of aryl methyl sites for hydroxylation is 1. The van der Waals surface area contributed by atoms with Gasteiger partial charge >= 0.3 is 0 Å². The number of nitrogens with two attached hydrogens (primary N) is 1. The van der Waals surface area contributed by atoms with E-state index in [0.717, 1.165) is 24.2 Å². The molecule has 2 rings (SSSR count). The van der Waals surface area contributed by atoms with E-state index in [4.69, 9.17) is 11.0 Å². The third-order valence-electron chi connectivity index (χ3n) is 3.98. The van der Waals surface area contributed by atoms with E-state index in [1.54, 1.807) is 0 Å². The maximum atomic E-state index is 8.97.